The molecule has 0 aromatic heterocycles. The molecule has 7 atom stereocenters. The van der Waals surface area contributed by atoms with Gasteiger partial charge in [0.15, 0.2) is 6.29 Å². The lowest BCUT2D eigenvalue weighted by atomic mass is 9.76. The lowest BCUT2D eigenvalue weighted by Crippen LogP contribution is -2.29. The van der Waals surface area contributed by atoms with Gasteiger partial charge < -0.3 is 9.47 Å². The third kappa shape index (κ3) is 4.30. The maximum absolute atomic E-state index is 11.6. The van der Waals surface area contributed by atoms with Gasteiger partial charge in [0.2, 0.25) is 0 Å². The van der Waals surface area contributed by atoms with Gasteiger partial charge in [-0.15, -0.1) is 0 Å². The third-order valence-electron chi connectivity index (χ3n) is 6.48. The third-order valence-corrected chi connectivity index (χ3v) is 6.48. The minimum Gasteiger partial charge on any atom is -0.449 e. The van der Waals surface area contributed by atoms with Crippen molar-refractivity contribution in [2.75, 3.05) is 13.2 Å². The smallest absolute Gasteiger partial charge is 0.411 e. The van der Waals surface area contributed by atoms with Gasteiger partial charge in [0.05, 0.1) is 13.2 Å². The van der Waals surface area contributed by atoms with Crippen LogP contribution < -0.4 is 11.2 Å². The fourth-order valence-electron chi connectivity index (χ4n) is 5.56. The van der Waals surface area contributed by atoms with Crippen LogP contribution >= 0.6 is 0 Å². The van der Waals surface area contributed by atoms with E-state index in [1.54, 1.807) is 12.3 Å². The summed E-state index contributed by atoms with van der Waals surface area (Å²) in [6.07, 6.45) is 11.3. The van der Waals surface area contributed by atoms with Gasteiger partial charge in [0.25, 0.3) is 0 Å². The summed E-state index contributed by atoms with van der Waals surface area (Å²) in [4.78, 5) is 16.5. The highest BCUT2D eigenvalue weighted by Gasteiger charge is 2.55. The summed E-state index contributed by atoms with van der Waals surface area (Å²) in [5.74, 6) is 9.43. The number of carbonyl (C=O) groups is 1. The van der Waals surface area contributed by atoms with E-state index in [0.717, 1.165) is 17.8 Å². The van der Waals surface area contributed by atoms with E-state index in [-0.39, 0.29) is 6.09 Å². The summed E-state index contributed by atoms with van der Waals surface area (Å²) in [6.45, 7) is 5.02. The van der Waals surface area contributed by atoms with Crippen LogP contribution in [0.3, 0.4) is 0 Å². The Labute approximate surface area is 156 Å². The molecule has 0 aromatic rings. The quantitative estimate of drug-likeness (QED) is 0.392. The Balaban J connectivity index is 1.45. The van der Waals surface area contributed by atoms with Crippen LogP contribution in [0.15, 0.2) is 24.4 Å². The van der Waals surface area contributed by atoms with Gasteiger partial charge in [0, 0.05) is 6.20 Å². The van der Waals surface area contributed by atoms with Crippen molar-refractivity contribution in [1.82, 2.24) is 5.32 Å². The normalized spacial score (nSPS) is 36.7. The number of rotatable bonds is 8. The fraction of sp³-hybridized carbons (Fsp3) is 0.750. The molecule has 1 amide bonds. The van der Waals surface area contributed by atoms with Crippen LogP contribution in [0, 0.1) is 35.5 Å². The van der Waals surface area contributed by atoms with Crippen molar-refractivity contribution in [3.05, 3.63) is 24.4 Å². The molecule has 3 aliphatic carbocycles. The summed E-state index contributed by atoms with van der Waals surface area (Å²) in [6, 6.07) is 0. The molecule has 3 N–H and O–H groups in total. The molecule has 0 aliphatic heterocycles. The van der Waals surface area contributed by atoms with E-state index in [4.69, 9.17) is 20.2 Å². The van der Waals surface area contributed by atoms with E-state index in [2.05, 4.69) is 5.32 Å². The van der Waals surface area contributed by atoms with Crippen molar-refractivity contribution in [2.45, 2.75) is 45.8 Å². The maximum Gasteiger partial charge on any atom is 0.411 e. The second-order valence-electron chi connectivity index (χ2n) is 7.93. The Morgan fingerprint density at radius 1 is 1.12 bits per heavy atom. The summed E-state index contributed by atoms with van der Waals surface area (Å²) < 4.78 is 11.2. The Hall–Kier alpha value is -1.37. The van der Waals surface area contributed by atoms with Gasteiger partial charge in [-0.2, -0.15) is 0 Å². The number of carbonyl (C=O) groups excluding carboxylic acids is 1. The van der Waals surface area contributed by atoms with Gasteiger partial charge in [-0.3, -0.25) is 10.2 Å². The lowest BCUT2D eigenvalue weighted by Gasteiger charge is -2.31. The molecule has 3 aliphatic rings. The number of ether oxygens (including phenoxy) is 2. The van der Waals surface area contributed by atoms with E-state index in [1.165, 1.54) is 25.7 Å². The summed E-state index contributed by atoms with van der Waals surface area (Å²) >= 11 is 0. The molecule has 6 heteroatoms. The molecule has 6 nitrogen and oxygen atoms in total. The molecule has 0 aromatic carbocycles. The Kier molecular flexibility index (Phi) is 6.73. The van der Waals surface area contributed by atoms with Gasteiger partial charge in [-0.25, -0.2) is 10.7 Å². The van der Waals surface area contributed by atoms with Crippen molar-refractivity contribution in [2.24, 2.45) is 41.4 Å². The number of fused-ring (bicyclic) bond motifs is 5. The van der Waals surface area contributed by atoms with E-state index >= 15 is 0 Å². The minimum atomic E-state index is -0.450. The molecule has 0 radical (unpaired) electrons. The first kappa shape index (κ1) is 19.4. The van der Waals surface area contributed by atoms with Crippen molar-refractivity contribution in [1.29, 1.82) is 0 Å². The first-order valence-electron chi connectivity index (χ1n) is 9.80. The molecule has 0 heterocycles. The molecular formula is C20H32N2O4. The molecule has 0 saturated heterocycles. The number of amides is 1. The van der Waals surface area contributed by atoms with Crippen LogP contribution in [0.2, 0.25) is 0 Å². The second kappa shape index (κ2) is 9.02. The number of nitrogens with two attached hydrogens (primary N) is 1. The van der Waals surface area contributed by atoms with E-state index < -0.39 is 6.29 Å². The van der Waals surface area contributed by atoms with Crippen molar-refractivity contribution < 1.29 is 19.1 Å². The van der Waals surface area contributed by atoms with E-state index in [1.807, 2.05) is 26.0 Å². The molecule has 146 valence electrons. The summed E-state index contributed by atoms with van der Waals surface area (Å²) in [7, 11) is 0. The number of hydrogen-bond donors (Lipinski definition) is 2. The van der Waals surface area contributed by atoms with Gasteiger partial charge >= 0.3 is 6.09 Å². The number of allylic oxidation sites excluding steroid dienone is 2. The molecule has 2 bridgehead atoms. The Morgan fingerprint density at radius 2 is 1.92 bits per heavy atom. The molecule has 7 unspecified atom stereocenters. The SMILES string of the molecule is C/C=C/NC(=O)OCC1CC2CC1C1CC(COC(/C=C/C)ON)CC21. The zero-order chi connectivity index (χ0) is 18.5. The van der Waals surface area contributed by atoms with Crippen molar-refractivity contribution in [3.63, 3.8) is 0 Å². The number of alkyl carbamates (subject to hydrolysis) is 1. The summed E-state index contributed by atoms with van der Waals surface area (Å²) in [5, 5.41) is 2.61. The highest BCUT2D eigenvalue weighted by atomic mass is 16.7. The average molecular weight is 364 g/mol. The zero-order valence-corrected chi connectivity index (χ0v) is 15.8. The van der Waals surface area contributed by atoms with Crippen LogP contribution in [-0.2, 0) is 14.3 Å². The summed E-state index contributed by atoms with van der Waals surface area (Å²) in [5.41, 5.74) is 0. The van der Waals surface area contributed by atoms with Gasteiger partial charge in [-0.1, -0.05) is 12.2 Å². The highest BCUT2D eigenvalue weighted by Crippen LogP contribution is 2.62. The molecule has 3 rings (SSSR count). The molecule has 0 spiro atoms. The van der Waals surface area contributed by atoms with E-state index in [0.29, 0.717) is 31.0 Å². The Bertz CT molecular complexity index is 536. The first-order chi connectivity index (χ1) is 12.7. The van der Waals surface area contributed by atoms with Gasteiger partial charge in [-0.05, 0) is 81.1 Å². The molecule has 3 fully saturated rings. The van der Waals surface area contributed by atoms with E-state index in [9.17, 15) is 4.79 Å². The largest absolute Gasteiger partial charge is 0.449 e. The van der Waals surface area contributed by atoms with Gasteiger partial charge in [0.1, 0.15) is 0 Å². The van der Waals surface area contributed by atoms with Crippen LogP contribution in [0.1, 0.15) is 39.5 Å². The first-order valence-corrected chi connectivity index (χ1v) is 9.80. The topological polar surface area (TPSA) is 82.8 Å². The number of nitrogens with one attached hydrogen (secondary N) is 1. The maximum atomic E-state index is 11.6. The fourth-order valence-corrected chi connectivity index (χ4v) is 5.56. The van der Waals surface area contributed by atoms with Crippen LogP contribution in [0.4, 0.5) is 4.79 Å². The predicted octanol–water partition coefficient (Wildman–Crippen LogP) is 3.35. The molecule has 26 heavy (non-hydrogen) atoms. The Morgan fingerprint density at radius 3 is 2.65 bits per heavy atom. The second-order valence-corrected chi connectivity index (χ2v) is 7.93. The monoisotopic (exact) mass is 364 g/mol. The molecular weight excluding hydrogens is 332 g/mol. The van der Waals surface area contributed by atoms with Crippen LogP contribution in [0.5, 0.6) is 0 Å². The molecule has 3 saturated carbocycles. The van der Waals surface area contributed by atoms with Crippen LogP contribution in [0.25, 0.3) is 0 Å². The zero-order valence-electron chi connectivity index (χ0n) is 15.8. The van der Waals surface area contributed by atoms with Crippen molar-refractivity contribution >= 4 is 6.09 Å². The predicted molar refractivity (Wildman–Crippen MR) is 98.5 cm³/mol. The minimum absolute atomic E-state index is 0.350. The van der Waals surface area contributed by atoms with Crippen molar-refractivity contribution in [3.8, 4) is 0 Å². The number of hydrogen-bond acceptors (Lipinski definition) is 5. The van der Waals surface area contributed by atoms with Crippen LogP contribution in [-0.4, -0.2) is 25.6 Å². The highest BCUT2D eigenvalue weighted by molar-refractivity contribution is 5.68. The average Bonchev–Trinajstić information content (AvgIpc) is 3.32. The lowest BCUT2D eigenvalue weighted by molar-refractivity contribution is -0.122. The standard InChI is InChI=1S/C20H32N2O4/c1-3-5-19(26-21)24-11-13-7-16-14-9-15(17(10-14)18(16)8-13)12-25-20(23)22-6-4-2/h3-6,13-19H,7-12,21H2,1-2H3,(H,22,23)/b5-3+,6-4+.